The van der Waals surface area contributed by atoms with Crippen molar-refractivity contribution >= 4 is 5.91 Å². The monoisotopic (exact) mass is 248 g/mol. The van der Waals surface area contributed by atoms with E-state index >= 15 is 0 Å². The molecule has 1 aromatic rings. The van der Waals surface area contributed by atoms with E-state index in [4.69, 9.17) is 0 Å². The smallest absolute Gasteiger partial charge is 0.227 e. The molecule has 4 heteroatoms. The molecular weight excluding hydrogens is 228 g/mol. The lowest BCUT2D eigenvalue weighted by Gasteiger charge is -2.25. The van der Waals surface area contributed by atoms with Gasteiger partial charge in [0, 0.05) is 31.4 Å². The Hall–Kier alpha value is -1.42. The summed E-state index contributed by atoms with van der Waals surface area (Å²) in [6.45, 7) is 5.02. The van der Waals surface area contributed by atoms with E-state index in [0.29, 0.717) is 13.0 Å². The van der Waals surface area contributed by atoms with Gasteiger partial charge in [-0.1, -0.05) is 6.07 Å². The largest absolute Gasteiger partial charge is 0.390 e. The molecule has 1 aliphatic heterocycles. The predicted octanol–water partition coefficient (Wildman–Crippen LogP) is 1.24. The molecule has 0 aromatic carbocycles. The Bertz CT molecular complexity index is 412. The van der Waals surface area contributed by atoms with E-state index in [9.17, 15) is 9.90 Å². The molecule has 0 unspecified atom stereocenters. The molecular formula is C14H20N2O2. The molecule has 0 aliphatic carbocycles. The van der Waals surface area contributed by atoms with Crippen LogP contribution in [0.3, 0.4) is 0 Å². The average Bonchev–Trinajstić information content (AvgIpc) is 2.79. The van der Waals surface area contributed by atoms with E-state index < -0.39 is 5.60 Å². The molecule has 0 radical (unpaired) electrons. The van der Waals surface area contributed by atoms with Gasteiger partial charge in [0.1, 0.15) is 0 Å². The van der Waals surface area contributed by atoms with Gasteiger partial charge < -0.3 is 10.0 Å². The fraction of sp³-hybridized carbons (Fsp3) is 0.571. The molecule has 1 N–H and O–H groups in total. The van der Waals surface area contributed by atoms with Crippen molar-refractivity contribution in [1.82, 2.24) is 9.88 Å². The molecule has 18 heavy (non-hydrogen) atoms. The number of pyridine rings is 1. The highest BCUT2D eigenvalue weighted by atomic mass is 16.3. The van der Waals surface area contributed by atoms with Crippen molar-refractivity contribution in [3.63, 3.8) is 0 Å². The highest BCUT2D eigenvalue weighted by Crippen LogP contribution is 2.27. The number of carbonyl (C=O) groups excluding carboxylic acids is 1. The number of nitrogens with zero attached hydrogens (tertiary/aromatic N) is 2. The number of rotatable bonds is 3. The van der Waals surface area contributed by atoms with E-state index in [2.05, 4.69) is 4.98 Å². The Morgan fingerprint density at radius 3 is 2.94 bits per heavy atom. The maximum Gasteiger partial charge on any atom is 0.227 e. The standard InChI is InChI=1S/C14H20N2O2/c1-14(2,18)12-5-7-16(10-12)13(17)8-11-4-3-6-15-9-11/h3-4,6,9,12,18H,5,7-8,10H2,1-2H3/t12-/m1/s1. The number of likely N-dealkylation sites (tertiary alicyclic amines) is 1. The van der Waals surface area contributed by atoms with Crippen molar-refractivity contribution in [3.05, 3.63) is 30.1 Å². The lowest BCUT2D eigenvalue weighted by atomic mass is 9.90. The number of hydrogen-bond acceptors (Lipinski definition) is 3. The molecule has 1 atom stereocenters. The predicted molar refractivity (Wildman–Crippen MR) is 68.9 cm³/mol. The first-order valence-electron chi connectivity index (χ1n) is 6.36. The molecule has 1 aliphatic rings. The number of carbonyl (C=O) groups is 1. The SMILES string of the molecule is CC(C)(O)[C@@H]1CCN(C(=O)Cc2cccnc2)C1. The lowest BCUT2D eigenvalue weighted by Crippen LogP contribution is -2.36. The first-order valence-corrected chi connectivity index (χ1v) is 6.36. The summed E-state index contributed by atoms with van der Waals surface area (Å²) in [4.78, 5) is 18.0. The number of amides is 1. The molecule has 0 saturated carbocycles. The molecule has 4 nitrogen and oxygen atoms in total. The van der Waals surface area contributed by atoms with Gasteiger partial charge in [0.25, 0.3) is 0 Å². The lowest BCUT2D eigenvalue weighted by molar-refractivity contribution is -0.129. The second kappa shape index (κ2) is 5.06. The Kier molecular flexibility index (Phi) is 3.66. The molecule has 2 heterocycles. The fourth-order valence-electron chi connectivity index (χ4n) is 2.35. The third-order valence-electron chi connectivity index (χ3n) is 3.62. The van der Waals surface area contributed by atoms with Gasteiger partial charge in [0.15, 0.2) is 0 Å². The summed E-state index contributed by atoms with van der Waals surface area (Å²) in [5.74, 6) is 0.296. The summed E-state index contributed by atoms with van der Waals surface area (Å²) in [6, 6.07) is 3.75. The summed E-state index contributed by atoms with van der Waals surface area (Å²) in [5.41, 5.74) is 0.234. The van der Waals surface area contributed by atoms with Gasteiger partial charge in [0.2, 0.25) is 5.91 Å². The van der Waals surface area contributed by atoms with Gasteiger partial charge in [0.05, 0.1) is 12.0 Å². The van der Waals surface area contributed by atoms with E-state index in [1.165, 1.54) is 0 Å². The van der Waals surface area contributed by atoms with Crippen LogP contribution in [0.15, 0.2) is 24.5 Å². The number of aliphatic hydroxyl groups is 1. The highest BCUT2D eigenvalue weighted by molar-refractivity contribution is 5.78. The van der Waals surface area contributed by atoms with Gasteiger partial charge in [-0.2, -0.15) is 0 Å². The van der Waals surface area contributed by atoms with Crippen molar-refractivity contribution in [2.75, 3.05) is 13.1 Å². The molecule has 0 spiro atoms. The maximum absolute atomic E-state index is 12.1. The molecule has 1 saturated heterocycles. The van der Waals surface area contributed by atoms with Crippen LogP contribution in [-0.4, -0.2) is 39.6 Å². The third kappa shape index (κ3) is 3.07. The van der Waals surface area contributed by atoms with E-state index in [-0.39, 0.29) is 11.8 Å². The minimum Gasteiger partial charge on any atom is -0.390 e. The topological polar surface area (TPSA) is 53.4 Å². The normalized spacial score (nSPS) is 20.2. The number of hydrogen-bond donors (Lipinski definition) is 1. The van der Waals surface area contributed by atoms with Gasteiger partial charge in [-0.3, -0.25) is 9.78 Å². The van der Waals surface area contributed by atoms with Crippen LogP contribution in [0.1, 0.15) is 25.8 Å². The van der Waals surface area contributed by atoms with Gasteiger partial charge >= 0.3 is 0 Å². The first kappa shape index (κ1) is 13.0. The fourth-order valence-corrected chi connectivity index (χ4v) is 2.35. The maximum atomic E-state index is 12.1. The van der Waals surface area contributed by atoms with Crippen LogP contribution in [0.4, 0.5) is 0 Å². The van der Waals surface area contributed by atoms with Crippen molar-refractivity contribution in [3.8, 4) is 0 Å². The molecule has 1 amide bonds. The van der Waals surface area contributed by atoms with Crippen molar-refractivity contribution < 1.29 is 9.90 Å². The van der Waals surface area contributed by atoms with Crippen LogP contribution in [0.5, 0.6) is 0 Å². The zero-order valence-corrected chi connectivity index (χ0v) is 11.0. The zero-order chi connectivity index (χ0) is 13.2. The van der Waals surface area contributed by atoms with Crippen LogP contribution in [0.2, 0.25) is 0 Å². The van der Waals surface area contributed by atoms with Gasteiger partial charge in [-0.15, -0.1) is 0 Å². The molecule has 98 valence electrons. The number of aromatic nitrogens is 1. The van der Waals surface area contributed by atoms with Crippen molar-refractivity contribution in [2.45, 2.75) is 32.3 Å². The van der Waals surface area contributed by atoms with Crippen LogP contribution in [0, 0.1) is 5.92 Å². The minimum absolute atomic E-state index is 0.120. The summed E-state index contributed by atoms with van der Waals surface area (Å²) < 4.78 is 0. The Balaban J connectivity index is 1.92. The summed E-state index contributed by atoms with van der Waals surface area (Å²) in [6.07, 6.45) is 4.70. The quantitative estimate of drug-likeness (QED) is 0.875. The Labute approximate surface area is 108 Å². The van der Waals surface area contributed by atoms with E-state index in [1.807, 2.05) is 30.9 Å². The van der Waals surface area contributed by atoms with Crippen LogP contribution < -0.4 is 0 Å². The Morgan fingerprint density at radius 2 is 2.39 bits per heavy atom. The van der Waals surface area contributed by atoms with Crippen molar-refractivity contribution in [1.29, 1.82) is 0 Å². The summed E-state index contributed by atoms with van der Waals surface area (Å²) in [5, 5.41) is 9.96. The minimum atomic E-state index is -0.705. The van der Waals surface area contributed by atoms with E-state index in [0.717, 1.165) is 18.5 Å². The summed E-state index contributed by atoms with van der Waals surface area (Å²) >= 11 is 0. The van der Waals surface area contributed by atoms with Crippen LogP contribution in [-0.2, 0) is 11.2 Å². The second-order valence-electron chi connectivity index (χ2n) is 5.52. The average molecular weight is 248 g/mol. The highest BCUT2D eigenvalue weighted by Gasteiger charge is 2.35. The first-order chi connectivity index (χ1) is 8.47. The molecule has 2 rings (SSSR count). The second-order valence-corrected chi connectivity index (χ2v) is 5.52. The van der Waals surface area contributed by atoms with Gasteiger partial charge in [-0.05, 0) is 31.9 Å². The van der Waals surface area contributed by atoms with Gasteiger partial charge in [-0.25, -0.2) is 0 Å². The molecule has 0 bridgehead atoms. The van der Waals surface area contributed by atoms with E-state index in [1.54, 1.807) is 12.4 Å². The van der Waals surface area contributed by atoms with Crippen molar-refractivity contribution in [2.24, 2.45) is 5.92 Å². The van der Waals surface area contributed by atoms with Crippen LogP contribution in [0.25, 0.3) is 0 Å². The molecule has 1 fully saturated rings. The molecule has 1 aromatic heterocycles. The third-order valence-corrected chi connectivity index (χ3v) is 3.62. The van der Waals surface area contributed by atoms with Crippen LogP contribution >= 0.6 is 0 Å². The Morgan fingerprint density at radius 1 is 1.61 bits per heavy atom. The summed E-state index contributed by atoms with van der Waals surface area (Å²) in [7, 11) is 0. The zero-order valence-electron chi connectivity index (χ0n) is 11.0.